The maximum absolute atomic E-state index is 11.9. The van der Waals surface area contributed by atoms with Gasteiger partial charge in [-0.2, -0.15) is 0 Å². The first-order valence-corrected chi connectivity index (χ1v) is 6.88. The van der Waals surface area contributed by atoms with Crippen LogP contribution in [0, 0.1) is 0 Å². The van der Waals surface area contributed by atoms with Crippen LogP contribution in [0.3, 0.4) is 0 Å². The zero-order chi connectivity index (χ0) is 13.8. The lowest BCUT2D eigenvalue weighted by molar-refractivity contribution is -0.142. The van der Waals surface area contributed by atoms with Crippen LogP contribution in [0.4, 0.5) is 5.69 Å². The minimum atomic E-state index is -0.854. The Morgan fingerprint density at radius 1 is 1.47 bits per heavy atom. The molecule has 1 aliphatic heterocycles. The number of nitrogens with zero attached hydrogens (tertiary/aromatic N) is 1. The molecule has 2 rings (SSSR count). The van der Waals surface area contributed by atoms with Crippen molar-refractivity contribution in [2.24, 2.45) is 0 Å². The first kappa shape index (κ1) is 14.0. The summed E-state index contributed by atoms with van der Waals surface area (Å²) < 4.78 is 0.884. The van der Waals surface area contributed by atoms with E-state index < -0.39 is 12.0 Å². The summed E-state index contributed by atoms with van der Waals surface area (Å²) in [6.45, 7) is 0.770. The SMILES string of the molecule is O=C(CN1CCCC1C(=O)O)Nc1cccc(Br)c1. The zero-order valence-electron chi connectivity index (χ0n) is 10.3. The summed E-state index contributed by atoms with van der Waals surface area (Å²) >= 11 is 3.33. The molecule has 1 aliphatic rings. The minimum absolute atomic E-state index is 0.115. The Morgan fingerprint density at radius 3 is 2.95 bits per heavy atom. The third-order valence-corrected chi connectivity index (χ3v) is 3.60. The number of amides is 1. The van der Waals surface area contributed by atoms with E-state index in [1.807, 2.05) is 12.1 Å². The lowest BCUT2D eigenvalue weighted by Crippen LogP contribution is -2.40. The number of carbonyl (C=O) groups is 2. The molecule has 1 saturated heterocycles. The zero-order valence-corrected chi connectivity index (χ0v) is 11.9. The summed E-state index contributed by atoms with van der Waals surface area (Å²) in [6, 6.07) is 6.76. The highest BCUT2D eigenvalue weighted by Gasteiger charge is 2.31. The maximum Gasteiger partial charge on any atom is 0.320 e. The van der Waals surface area contributed by atoms with E-state index in [0.29, 0.717) is 18.7 Å². The van der Waals surface area contributed by atoms with E-state index in [9.17, 15) is 9.59 Å². The second-order valence-electron chi connectivity index (χ2n) is 4.53. The Kier molecular flexibility index (Phi) is 4.55. The van der Waals surface area contributed by atoms with Crippen molar-refractivity contribution in [2.75, 3.05) is 18.4 Å². The van der Waals surface area contributed by atoms with Crippen molar-refractivity contribution in [1.82, 2.24) is 4.90 Å². The molecule has 1 aromatic rings. The fraction of sp³-hybridized carbons (Fsp3) is 0.385. The molecule has 2 N–H and O–H groups in total. The quantitative estimate of drug-likeness (QED) is 0.887. The standard InChI is InChI=1S/C13H15BrN2O3/c14-9-3-1-4-10(7-9)15-12(17)8-16-6-2-5-11(16)13(18)19/h1,3-4,7,11H,2,5-6,8H2,(H,15,17)(H,18,19). The lowest BCUT2D eigenvalue weighted by atomic mass is 10.2. The van der Waals surface area contributed by atoms with Crippen LogP contribution < -0.4 is 5.32 Å². The molecule has 1 fully saturated rings. The second-order valence-corrected chi connectivity index (χ2v) is 5.44. The van der Waals surface area contributed by atoms with Crippen LogP contribution >= 0.6 is 15.9 Å². The largest absolute Gasteiger partial charge is 0.480 e. The molecule has 6 heteroatoms. The van der Waals surface area contributed by atoms with Crippen molar-refractivity contribution in [3.8, 4) is 0 Å². The highest BCUT2D eigenvalue weighted by molar-refractivity contribution is 9.10. The fourth-order valence-corrected chi connectivity index (χ4v) is 2.65. The van der Waals surface area contributed by atoms with E-state index in [0.717, 1.165) is 10.9 Å². The predicted molar refractivity (Wildman–Crippen MR) is 75.0 cm³/mol. The van der Waals surface area contributed by atoms with Gasteiger partial charge < -0.3 is 10.4 Å². The van der Waals surface area contributed by atoms with E-state index >= 15 is 0 Å². The lowest BCUT2D eigenvalue weighted by Gasteiger charge is -2.20. The predicted octanol–water partition coefficient (Wildman–Crippen LogP) is 1.94. The van der Waals surface area contributed by atoms with Crippen LogP contribution in [0.25, 0.3) is 0 Å². The molecular formula is C13H15BrN2O3. The summed E-state index contributed by atoms with van der Waals surface area (Å²) in [6.07, 6.45) is 1.43. The van der Waals surface area contributed by atoms with Crippen LogP contribution in [0.5, 0.6) is 0 Å². The monoisotopic (exact) mass is 326 g/mol. The molecule has 5 nitrogen and oxygen atoms in total. The Labute approximate surface area is 119 Å². The van der Waals surface area contributed by atoms with Gasteiger partial charge in [-0.25, -0.2) is 0 Å². The number of aliphatic carboxylic acids is 1. The number of carboxylic acid groups (broad SMARTS) is 1. The Bertz CT molecular complexity index is 493. The highest BCUT2D eigenvalue weighted by atomic mass is 79.9. The van der Waals surface area contributed by atoms with Crippen LogP contribution in [0.1, 0.15) is 12.8 Å². The molecule has 1 unspecified atom stereocenters. The van der Waals surface area contributed by atoms with Gasteiger partial charge in [0.25, 0.3) is 0 Å². The van der Waals surface area contributed by atoms with Crippen molar-refractivity contribution in [2.45, 2.75) is 18.9 Å². The first-order chi connectivity index (χ1) is 9.06. The van der Waals surface area contributed by atoms with Gasteiger partial charge in [-0.15, -0.1) is 0 Å². The third-order valence-electron chi connectivity index (χ3n) is 3.10. The van der Waals surface area contributed by atoms with Crippen molar-refractivity contribution in [1.29, 1.82) is 0 Å². The third kappa shape index (κ3) is 3.78. The summed E-state index contributed by atoms with van der Waals surface area (Å²) in [5.74, 6) is -1.04. The second kappa shape index (κ2) is 6.16. The van der Waals surface area contributed by atoms with Gasteiger partial charge in [0.2, 0.25) is 5.91 Å². The van der Waals surface area contributed by atoms with Crippen LogP contribution in [0.15, 0.2) is 28.7 Å². The molecule has 0 aliphatic carbocycles. The van der Waals surface area contributed by atoms with Gasteiger partial charge in [0.15, 0.2) is 0 Å². The molecule has 0 bridgehead atoms. The number of benzene rings is 1. The van der Waals surface area contributed by atoms with Gasteiger partial charge in [0.05, 0.1) is 6.54 Å². The number of likely N-dealkylation sites (tertiary alicyclic amines) is 1. The van der Waals surface area contributed by atoms with Crippen LogP contribution in [0.2, 0.25) is 0 Å². The summed E-state index contributed by atoms with van der Waals surface area (Å²) in [7, 11) is 0. The van der Waals surface area contributed by atoms with Crippen molar-refractivity contribution in [3.63, 3.8) is 0 Å². The average Bonchev–Trinajstić information content (AvgIpc) is 2.76. The number of hydrogen-bond donors (Lipinski definition) is 2. The van der Waals surface area contributed by atoms with E-state index in [4.69, 9.17) is 5.11 Å². The molecule has 0 saturated carbocycles. The van der Waals surface area contributed by atoms with Gasteiger partial charge in [0, 0.05) is 10.2 Å². The highest BCUT2D eigenvalue weighted by Crippen LogP contribution is 2.18. The van der Waals surface area contributed by atoms with Crippen molar-refractivity contribution >= 4 is 33.5 Å². The van der Waals surface area contributed by atoms with Crippen LogP contribution in [-0.2, 0) is 9.59 Å². The molecule has 1 atom stereocenters. The topological polar surface area (TPSA) is 69.6 Å². The Balaban J connectivity index is 1.92. The summed E-state index contributed by atoms with van der Waals surface area (Å²) in [4.78, 5) is 24.6. The van der Waals surface area contributed by atoms with E-state index in [1.165, 1.54) is 0 Å². The molecule has 0 aromatic heterocycles. The normalized spacial score (nSPS) is 19.3. The van der Waals surface area contributed by atoms with Crippen molar-refractivity contribution < 1.29 is 14.7 Å². The van der Waals surface area contributed by atoms with E-state index in [1.54, 1.807) is 17.0 Å². The molecule has 1 amide bonds. The van der Waals surface area contributed by atoms with Crippen LogP contribution in [-0.4, -0.2) is 41.0 Å². The van der Waals surface area contributed by atoms with Gasteiger partial charge >= 0.3 is 5.97 Å². The number of nitrogens with one attached hydrogen (secondary N) is 1. The molecule has 19 heavy (non-hydrogen) atoms. The molecular weight excluding hydrogens is 312 g/mol. The number of halogens is 1. The van der Waals surface area contributed by atoms with Gasteiger partial charge in [-0.3, -0.25) is 14.5 Å². The number of hydrogen-bond acceptors (Lipinski definition) is 3. The van der Waals surface area contributed by atoms with E-state index in [2.05, 4.69) is 21.2 Å². The number of rotatable bonds is 4. The summed E-state index contributed by atoms with van der Waals surface area (Å²) in [5.41, 5.74) is 0.699. The molecule has 1 heterocycles. The molecule has 0 radical (unpaired) electrons. The van der Waals surface area contributed by atoms with Gasteiger partial charge in [-0.1, -0.05) is 22.0 Å². The molecule has 0 spiro atoms. The minimum Gasteiger partial charge on any atom is -0.480 e. The summed E-state index contributed by atoms with van der Waals surface area (Å²) in [5, 5.41) is 11.8. The fourth-order valence-electron chi connectivity index (χ4n) is 2.25. The average molecular weight is 327 g/mol. The first-order valence-electron chi connectivity index (χ1n) is 6.08. The number of anilines is 1. The molecule has 1 aromatic carbocycles. The number of carboxylic acids is 1. The van der Waals surface area contributed by atoms with Crippen molar-refractivity contribution in [3.05, 3.63) is 28.7 Å². The smallest absolute Gasteiger partial charge is 0.320 e. The van der Waals surface area contributed by atoms with Gasteiger partial charge in [0.1, 0.15) is 6.04 Å². The maximum atomic E-state index is 11.9. The molecule has 102 valence electrons. The van der Waals surface area contributed by atoms with E-state index in [-0.39, 0.29) is 12.5 Å². The Morgan fingerprint density at radius 2 is 2.26 bits per heavy atom. The Hall–Kier alpha value is -1.40. The number of carbonyl (C=O) groups excluding carboxylic acids is 1. The van der Waals surface area contributed by atoms with Gasteiger partial charge in [-0.05, 0) is 37.6 Å².